The molecule has 158 valence electrons. The van der Waals surface area contributed by atoms with Crippen LogP contribution in [0.3, 0.4) is 0 Å². The molecule has 0 radical (unpaired) electrons. The number of nitrogens with zero attached hydrogens (tertiary/aromatic N) is 1. The predicted molar refractivity (Wildman–Crippen MR) is 128 cm³/mol. The Bertz CT molecular complexity index is 885. The van der Waals surface area contributed by atoms with Gasteiger partial charge in [0.2, 0.25) is 0 Å². The van der Waals surface area contributed by atoms with Gasteiger partial charge in [-0.05, 0) is 67.6 Å². The number of carbonyl (C=O) groups is 1. The minimum Gasteiger partial charge on any atom is -0.300 e. The summed E-state index contributed by atoms with van der Waals surface area (Å²) >= 11 is 0. The molecule has 1 aliphatic heterocycles. The number of aliphatic imine (C=N–C) groups is 1. The first-order valence-corrected chi connectivity index (χ1v) is 11.4. The van der Waals surface area contributed by atoms with E-state index in [-0.39, 0.29) is 4.28 Å². The van der Waals surface area contributed by atoms with E-state index in [1.807, 2.05) is 6.20 Å². The topological polar surface area (TPSA) is 29.4 Å². The van der Waals surface area contributed by atoms with Crippen molar-refractivity contribution < 1.29 is 9.07 Å². The van der Waals surface area contributed by atoms with E-state index in [0.29, 0.717) is 24.0 Å². The monoisotopic (exact) mass is 393 g/mol. The van der Waals surface area contributed by atoms with Crippen LogP contribution in [0.25, 0.3) is 0 Å². The van der Waals surface area contributed by atoms with Gasteiger partial charge in [-0.1, -0.05) is 61.4 Å². The Labute approximate surface area is 180 Å². The van der Waals surface area contributed by atoms with Crippen LogP contribution in [0.5, 0.6) is 0 Å². The fraction of sp³-hybridized carbons (Fsp3) is 0.481. The third kappa shape index (κ3) is 5.04. The number of rotatable bonds is 7. The van der Waals surface area contributed by atoms with Crippen LogP contribution >= 0.6 is 0 Å². The Morgan fingerprint density at radius 1 is 1.17 bits per heavy atom. The molecule has 0 saturated heterocycles. The molecule has 0 N–H and O–H groups in total. The van der Waals surface area contributed by atoms with Crippen LogP contribution in [-0.4, -0.2) is 11.5 Å². The van der Waals surface area contributed by atoms with Crippen molar-refractivity contribution in [2.45, 2.75) is 71.1 Å². The zero-order valence-electron chi connectivity index (χ0n) is 17.7. The number of hydrogen-bond donors (Lipinski definition) is 0. The molecule has 0 spiro atoms. The minimum atomic E-state index is 0. The van der Waals surface area contributed by atoms with Crippen molar-refractivity contribution >= 4 is 11.5 Å². The number of allylic oxidation sites excluding steroid dienone is 5. The molecule has 1 aromatic rings. The Morgan fingerprint density at radius 2 is 2.03 bits per heavy atom. The molecule has 2 heteroatoms. The van der Waals surface area contributed by atoms with Crippen molar-refractivity contribution in [3.63, 3.8) is 0 Å². The van der Waals surface area contributed by atoms with Crippen LogP contribution in [0.2, 0.25) is 0 Å². The van der Waals surface area contributed by atoms with Gasteiger partial charge < -0.3 is 0 Å². The van der Waals surface area contributed by atoms with Gasteiger partial charge in [-0.2, -0.15) is 0 Å². The van der Waals surface area contributed by atoms with Crippen LogP contribution in [0.1, 0.15) is 73.7 Å². The zero-order valence-corrected chi connectivity index (χ0v) is 17.7. The molecular weight excluding hydrogens is 354 g/mol. The van der Waals surface area contributed by atoms with E-state index in [0.717, 1.165) is 38.5 Å². The number of benzene rings is 1. The normalized spacial score (nSPS) is 23.7. The largest absolute Gasteiger partial charge is 0.300 e. The van der Waals surface area contributed by atoms with Crippen molar-refractivity contribution in [1.82, 2.24) is 0 Å². The summed E-state index contributed by atoms with van der Waals surface area (Å²) in [4.78, 5) is 17.5. The maximum atomic E-state index is 12.7. The molecule has 2 nitrogen and oxygen atoms in total. The molecule has 1 fully saturated rings. The van der Waals surface area contributed by atoms with Crippen molar-refractivity contribution in [3.8, 4) is 0 Å². The summed E-state index contributed by atoms with van der Waals surface area (Å²) in [7, 11) is 0. The van der Waals surface area contributed by atoms with E-state index >= 15 is 0 Å². The van der Waals surface area contributed by atoms with Crippen LogP contribution in [0.15, 0.2) is 64.8 Å². The molecule has 1 unspecified atom stereocenters. The van der Waals surface area contributed by atoms with Gasteiger partial charge in [-0.15, -0.1) is 0 Å². The lowest BCUT2D eigenvalue weighted by molar-refractivity contribution is -0.120. The third-order valence-electron chi connectivity index (χ3n) is 6.77. The third-order valence-corrected chi connectivity index (χ3v) is 6.77. The van der Waals surface area contributed by atoms with E-state index in [2.05, 4.69) is 49.4 Å². The van der Waals surface area contributed by atoms with Crippen molar-refractivity contribution in [1.29, 1.82) is 0 Å². The molecule has 29 heavy (non-hydrogen) atoms. The van der Waals surface area contributed by atoms with Gasteiger partial charge in [0, 0.05) is 29.2 Å². The average Bonchev–Trinajstić information content (AvgIpc) is 3.11. The molecule has 4 rings (SSSR count). The van der Waals surface area contributed by atoms with Crippen molar-refractivity contribution in [2.75, 3.05) is 0 Å². The molecule has 3 aliphatic rings. The summed E-state index contributed by atoms with van der Waals surface area (Å²) in [6.07, 6.45) is 18.9. The fourth-order valence-corrected chi connectivity index (χ4v) is 5.17. The van der Waals surface area contributed by atoms with Crippen molar-refractivity contribution in [2.24, 2.45) is 16.8 Å². The number of aryl methyl sites for hydroxylation is 2. The van der Waals surface area contributed by atoms with Crippen LogP contribution < -0.4 is 0 Å². The first-order chi connectivity index (χ1) is 14.2. The highest BCUT2D eigenvalue weighted by atomic mass is 16.1. The molecule has 1 aromatic carbocycles. The van der Waals surface area contributed by atoms with Gasteiger partial charge in [0.05, 0.1) is 5.71 Å². The summed E-state index contributed by atoms with van der Waals surface area (Å²) in [6, 6.07) is 8.69. The van der Waals surface area contributed by atoms with E-state index < -0.39 is 0 Å². The lowest BCUT2D eigenvalue weighted by Gasteiger charge is -2.30. The number of ketones is 1. The van der Waals surface area contributed by atoms with Crippen molar-refractivity contribution in [3.05, 3.63) is 71.0 Å². The number of hydrogen-bond acceptors (Lipinski definition) is 2. The highest BCUT2D eigenvalue weighted by Gasteiger charge is 2.29. The fourth-order valence-electron chi connectivity index (χ4n) is 5.17. The number of Topliss-reactive ketones (excluding diaryl/α,β-unsaturated/α-hetero) is 1. The molecular formula is C27H39NO. The molecule has 2 atom stereocenters. The highest BCUT2D eigenvalue weighted by Crippen LogP contribution is 2.37. The summed E-state index contributed by atoms with van der Waals surface area (Å²) in [5.74, 6) is 1.46. The minimum absolute atomic E-state index is 0. The van der Waals surface area contributed by atoms with Crippen LogP contribution in [0.4, 0.5) is 0 Å². The Morgan fingerprint density at radius 3 is 2.93 bits per heavy atom. The molecule has 0 aromatic heterocycles. The van der Waals surface area contributed by atoms with E-state index in [1.165, 1.54) is 47.2 Å². The Hall–Kier alpha value is -2.22. The number of carbonyl (C=O) groups excluding carboxylic acids is 1. The highest BCUT2D eigenvalue weighted by molar-refractivity contribution is 6.06. The molecule has 0 amide bonds. The average molecular weight is 394 g/mol. The second kappa shape index (κ2) is 9.52. The zero-order chi connectivity index (χ0) is 20.1. The van der Waals surface area contributed by atoms with E-state index in [4.69, 9.17) is 4.99 Å². The smallest absolute Gasteiger partial charge is 0.133 e. The van der Waals surface area contributed by atoms with E-state index in [9.17, 15) is 4.79 Å². The quantitative estimate of drug-likeness (QED) is 0.478. The second-order valence-corrected chi connectivity index (χ2v) is 8.87. The van der Waals surface area contributed by atoms with Gasteiger partial charge in [-0.25, -0.2) is 0 Å². The second-order valence-electron chi connectivity index (χ2n) is 8.87. The van der Waals surface area contributed by atoms with Gasteiger partial charge in [-0.3, -0.25) is 9.79 Å². The first kappa shape index (κ1) is 20.1. The summed E-state index contributed by atoms with van der Waals surface area (Å²) in [5.41, 5.74) is 6.85. The van der Waals surface area contributed by atoms with Crippen LogP contribution in [-0.2, 0) is 17.6 Å². The SMILES string of the molecule is CCc1cccc(CCC(=O)C[C@@H]2CCCC(C3=NC=CCC4=C3C=CC4)C2)c1.[HH].[HH].[HH]. The molecule has 0 bridgehead atoms. The maximum Gasteiger partial charge on any atom is 0.133 e. The predicted octanol–water partition coefficient (Wildman–Crippen LogP) is 7.30. The summed E-state index contributed by atoms with van der Waals surface area (Å²) in [5, 5.41) is 0. The molecule has 2 aliphatic carbocycles. The van der Waals surface area contributed by atoms with Gasteiger partial charge in [0.25, 0.3) is 0 Å². The van der Waals surface area contributed by atoms with E-state index in [1.54, 1.807) is 0 Å². The van der Waals surface area contributed by atoms with Gasteiger partial charge >= 0.3 is 0 Å². The molecule has 1 heterocycles. The van der Waals surface area contributed by atoms with Gasteiger partial charge in [0.15, 0.2) is 0 Å². The van der Waals surface area contributed by atoms with Gasteiger partial charge in [0.1, 0.15) is 5.78 Å². The Kier molecular flexibility index (Phi) is 6.59. The lowest BCUT2D eigenvalue weighted by atomic mass is 9.75. The lowest BCUT2D eigenvalue weighted by Crippen LogP contribution is -2.25. The summed E-state index contributed by atoms with van der Waals surface area (Å²) < 4.78 is 0. The molecule has 1 saturated carbocycles. The van der Waals surface area contributed by atoms with Crippen LogP contribution in [0, 0.1) is 11.8 Å². The maximum absolute atomic E-state index is 12.7. The first-order valence-electron chi connectivity index (χ1n) is 11.4. The standard InChI is InChI=1S/C27H33NO.3H2/c1-2-20-7-3-8-21(17-20)14-15-25(29)19-22-9-4-11-24(18-22)27-26-13-5-10-23(26)12-6-16-28-27;;;/h3,5-8,13,16-17,22,24H,2,4,9-12,14-15,18-19H2,1H3;3*1H/t22-,24?;;;/m1.../s1. The Balaban J connectivity index is 0.00000171. The summed E-state index contributed by atoms with van der Waals surface area (Å²) in [6.45, 7) is 2.18.